The lowest BCUT2D eigenvalue weighted by Crippen LogP contribution is -2.35. The van der Waals surface area contributed by atoms with E-state index in [2.05, 4.69) is 29.9 Å². The van der Waals surface area contributed by atoms with Gasteiger partial charge in [0.1, 0.15) is 0 Å². The van der Waals surface area contributed by atoms with Gasteiger partial charge in [-0.15, -0.1) is 0 Å². The number of likely N-dealkylation sites (N-methyl/N-ethyl adjacent to an activating group) is 1. The van der Waals surface area contributed by atoms with Gasteiger partial charge in [-0.2, -0.15) is 0 Å². The normalized spacial score (nSPS) is 31.8. The molecular weight excluding hydrogens is 252 g/mol. The van der Waals surface area contributed by atoms with Gasteiger partial charge in [0, 0.05) is 24.8 Å². The highest BCUT2D eigenvalue weighted by atomic mass is 16.2. The van der Waals surface area contributed by atoms with Crippen LogP contribution in [0.15, 0.2) is 18.2 Å². The first-order chi connectivity index (χ1) is 9.34. The highest BCUT2D eigenvalue weighted by Gasteiger charge is 2.43. The molecule has 2 heterocycles. The lowest BCUT2D eigenvalue weighted by atomic mass is 9.84. The van der Waals surface area contributed by atoms with E-state index in [-0.39, 0.29) is 24.0 Å². The monoisotopic (exact) mass is 274 g/mol. The van der Waals surface area contributed by atoms with Gasteiger partial charge in [0.15, 0.2) is 0 Å². The summed E-state index contributed by atoms with van der Waals surface area (Å²) in [5.74, 6) is 0.139. The number of hydrazine groups is 1. The van der Waals surface area contributed by atoms with Crippen LogP contribution in [0.2, 0.25) is 0 Å². The van der Waals surface area contributed by atoms with Crippen molar-refractivity contribution < 1.29 is 4.79 Å². The fourth-order valence-electron chi connectivity index (χ4n) is 3.19. The van der Waals surface area contributed by atoms with E-state index in [1.54, 1.807) is 4.90 Å². The number of nitrogens with zero attached hydrogens (tertiary/aromatic N) is 1. The molecule has 5 heteroatoms. The van der Waals surface area contributed by atoms with Crippen molar-refractivity contribution in [3.05, 3.63) is 29.3 Å². The molecule has 4 N–H and O–H groups in total. The van der Waals surface area contributed by atoms with Crippen molar-refractivity contribution in [3.63, 3.8) is 0 Å². The molecule has 2 aliphatic rings. The third-order valence-corrected chi connectivity index (χ3v) is 4.68. The molecule has 3 rings (SSSR count). The fourth-order valence-corrected chi connectivity index (χ4v) is 3.19. The molecule has 0 spiro atoms. The van der Waals surface area contributed by atoms with Crippen LogP contribution in [0.4, 0.5) is 5.69 Å². The number of carbonyl (C=O) groups is 1. The Hall–Kier alpha value is -1.43. The van der Waals surface area contributed by atoms with Crippen LogP contribution in [-0.4, -0.2) is 25.0 Å². The van der Waals surface area contributed by atoms with Gasteiger partial charge in [0.2, 0.25) is 5.91 Å². The van der Waals surface area contributed by atoms with Gasteiger partial charge < -0.3 is 10.6 Å². The molecule has 1 fully saturated rings. The van der Waals surface area contributed by atoms with Crippen LogP contribution in [0.5, 0.6) is 0 Å². The second-order valence-electron chi connectivity index (χ2n) is 6.40. The zero-order valence-corrected chi connectivity index (χ0v) is 12.4. The van der Waals surface area contributed by atoms with Crippen LogP contribution in [0.3, 0.4) is 0 Å². The maximum Gasteiger partial charge on any atom is 0.236 e. The molecule has 1 aromatic carbocycles. The molecule has 3 unspecified atom stereocenters. The Bertz CT molecular complexity index is 569. The molecule has 0 saturated carbocycles. The van der Waals surface area contributed by atoms with Gasteiger partial charge in [-0.25, -0.2) is 5.43 Å². The maximum atomic E-state index is 12.3. The summed E-state index contributed by atoms with van der Waals surface area (Å²) < 4.78 is 0. The van der Waals surface area contributed by atoms with Crippen LogP contribution in [-0.2, 0) is 10.2 Å². The number of rotatable bonds is 1. The highest BCUT2D eigenvalue weighted by molar-refractivity contribution is 6.07. The number of amides is 1. The lowest BCUT2D eigenvalue weighted by Gasteiger charge is -2.20. The number of hydrogen-bond donors (Lipinski definition) is 3. The molecule has 0 radical (unpaired) electrons. The van der Waals surface area contributed by atoms with Crippen LogP contribution >= 0.6 is 0 Å². The second kappa shape index (κ2) is 4.28. The SMILES string of the molecule is CC1NNC(c2ccc3c(c2)C(C)(C)C(=O)N3C)C1N. The Morgan fingerprint density at radius 1 is 1.30 bits per heavy atom. The number of nitrogens with one attached hydrogen (secondary N) is 2. The summed E-state index contributed by atoms with van der Waals surface area (Å²) in [5, 5.41) is 0. The smallest absolute Gasteiger partial charge is 0.236 e. The third-order valence-electron chi connectivity index (χ3n) is 4.68. The van der Waals surface area contributed by atoms with Crippen molar-refractivity contribution in [2.45, 2.75) is 44.3 Å². The van der Waals surface area contributed by atoms with E-state index < -0.39 is 5.41 Å². The van der Waals surface area contributed by atoms with Gasteiger partial charge in [0.05, 0.1) is 11.5 Å². The molecule has 108 valence electrons. The number of benzene rings is 1. The van der Waals surface area contributed by atoms with E-state index in [1.165, 1.54) is 0 Å². The molecule has 0 bridgehead atoms. The summed E-state index contributed by atoms with van der Waals surface area (Å²) in [5.41, 5.74) is 15.4. The molecular formula is C15H22N4O. The standard InChI is InChI=1S/C15H22N4O/c1-8-12(16)13(18-17-8)9-5-6-11-10(7-9)15(2,3)14(20)19(11)4/h5-8,12-13,17-18H,16H2,1-4H3. The maximum absolute atomic E-state index is 12.3. The zero-order valence-electron chi connectivity index (χ0n) is 12.4. The third kappa shape index (κ3) is 1.70. The van der Waals surface area contributed by atoms with Crippen molar-refractivity contribution in [3.8, 4) is 0 Å². The molecule has 1 aromatic rings. The van der Waals surface area contributed by atoms with E-state index in [4.69, 9.17) is 5.73 Å². The molecule has 1 saturated heterocycles. The minimum absolute atomic E-state index is 0.0194. The molecule has 5 nitrogen and oxygen atoms in total. The van der Waals surface area contributed by atoms with Gasteiger partial charge in [-0.3, -0.25) is 10.2 Å². The highest BCUT2D eigenvalue weighted by Crippen LogP contribution is 2.42. The first-order valence-electron chi connectivity index (χ1n) is 7.03. The zero-order chi connectivity index (χ0) is 14.7. The van der Waals surface area contributed by atoms with E-state index in [0.29, 0.717) is 0 Å². The van der Waals surface area contributed by atoms with Crippen molar-refractivity contribution in [1.82, 2.24) is 10.9 Å². The van der Waals surface area contributed by atoms with Crippen molar-refractivity contribution in [1.29, 1.82) is 0 Å². The van der Waals surface area contributed by atoms with E-state index in [9.17, 15) is 4.79 Å². The first-order valence-corrected chi connectivity index (χ1v) is 7.03. The van der Waals surface area contributed by atoms with Crippen molar-refractivity contribution in [2.24, 2.45) is 5.73 Å². The number of carbonyl (C=O) groups excluding carboxylic acids is 1. The Kier molecular flexibility index (Phi) is 2.90. The van der Waals surface area contributed by atoms with Crippen LogP contribution < -0.4 is 21.5 Å². The van der Waals surface area contributed by atoms with E-state index >= 15 is 0 Å². The predicted octanol–water partition coefficient (Wildman–Crippen LogP) is 0.805. The quantitative estimate of drug-likeness (QED) is 0.708. The number of hydrogen-bond acceptors (Lipinski definition) is 4. The Balaban J connectivity index is 2.03. The van der Waals surface area contributed by atoms with Crippen LogP contribution in [0.1, 0.15) is 37.9 Å². The Morgan fingerprint density at radius 2 is 2.00 bits per heavy atom. The Labute approximate surface area is 119 Å². The van der Waals surface area contributed by atoms with Gasteiger partial charge >= 0.3 is 0 Å². The summed E-state index contributed by atoms with van der Waals surface area (Å²) in [6.45, 7) is 6.01. The predicted molar refractivity (Wildman–Crippen MR) is 79.3 cm³/mol. The minimum Gasteiger partial charge on any atom is -0.325 e. The van der Waals surface area contributed by atoms with Gasteiger partial charge in [-0.05, 0) is 38.0 Å². The molecule has 0 aromatic heterocycles. The average Bonchev–Trinajstić information content (AvgIpc) is 2.83. The van der Waals surface area contributed by atoms with Crippen molar-refractivity contribution in [2.75, 3.05) is 11.9 Å². The van der Waals surface area contributed by atoms with Crippen LogP contribution in [0, 0.1) is 0 Å². The molecule has 20 heavy (non-hydrogen) atoms. The summed E-state index contributed by atoms with van der Waals surface area (Å²) >= 11 is 0. The number of anilines is 1. The summed E-state index contributed by atoms with van der Waals surface area (Å²) in [6.07, 6.45) is 0. The number of nitrogens with two attached hydrogens (primary N) is 1. The first kappa shape index (κ1) is 13.5. The largest absolute Gasteiger partial charge is 0.325 e. The fraction of sp³-hybridized carbons (Fsp3) is 0.533. The van der Waals surface area contributed by atoms with Crippen molar-refractivity contribution >= 4 is 11.6 Å². The number of fused-ring (bicyclic) bond motifs is 1. The topological polar surface area (TPSA) is 70.4 Å². The average molecular weight is 274 g/mol. The molecule has 2 aliphatic heterocycles. The molecule has 1 amide bonds. The van der Waals surface area contributed by atoms with Gasteiger partial charge in [-0.1, -0.05) is 12.1 Å². The summed E-state index contributed by atoms with van der Waals surface area (Å²) in [7, 11) is 1.83. The van der Waals surface area contributed by atoms with Crippen LogP contribution in [0.25, 0.3) is 0 Å². The molecule has 0 aliphatic carbocycles. The second-order valence-corrected chi connectivity index (χ2v) is 6.40. The summed E-state index contributed by atoms with van der Waals surface area (Å²) in [6, 6.07) is 6.52. The lowest BCUT2D eigenvalue weighted by molar-refractivity contribution is -0.121. The Morgan fingerprint density at radius 3 is 2.60 bits per heavy atom. The minimum atomic E-state index is -0.470. The molecule has 3 atom stereocenters. The van der Waals surface area contributed by atoms with E-state index in [1.807, 2.05) is 27.0 Å². The van der Waals surface area contributed by atoms with E-state index in [0.717, 1.165) is 16.8 Å². The summed E-state index contributed by atoms with van der Waals surface area (Å²) in [4.78, 5) is 14.0. The van der Waals surface area contributed by atoms with Gasteiger partial charge in [0.25, 0.3) is 0 Å².